The Labute approximate surface area is 112 Å². The Morgan fingerprint density at radius 1 is 1.32 bits per heavy atom. The van der Waals surface area contributed by atoms with Gasteiger partial charge >= 0.3 is 0 Å². The lowest BCUT2D eigenvalue weighted by Crippen LogP contribution is -2.48. The van der Waals surface area contributed by atoms with E-state index in [9.17, 15) is 14.4 Å². The van der Waals surface area contributed by atoms with Crippen molar-refractivity contribution in [3.63, 3.8) is 0 Å². The summed E-state index contributed by atoms with van der Waals surface area (Å²) >= 11 is 0. The second-order valence-corrected chi connectivity index (χ2v) is 4.67. The molecule has 0 aromatic heterocycles. The van der Waals surface area contributed by atoms with Crippen LogP contribution in [0.25, 0.3) is 0 Å². The number of amides is 3. The van der Waals surface area contributed by atoms with Crippen LogP contribution in [0.15, 0.2) is 0 Å². The minimum absolute atomic E-state index is 0.00747. The number of carbonyl (C=O) groups excluding carboxylic acids is 3. The summed E-state index contributed by atoms with van der Waals surface area (Å²) in [4.78, 5) is 36.1. The maximum absolute atomic E-state index is 11.8. The van der Waals surface area contributed by atoms with E-state index in [0.717, 1.165) is 12.8 Å². The number of nitrogens with two attached hydrogens (primary N) is 1. The van der Waals surface area contributed by atoms with E-state index in [-0.39, 0.29) is 30.2 Å². The number of nitrogens with zero attached hydrogens (tertiary/aromatic N) is 1. The highest BCUT2D eigenvalue weighted by molar-refractivity contribution is 5.85. The van der Waals surface area contributed by atoms with Gasteiger partial charge in [0.1, 0.15) is 0 Å². The van der Waals surface area contributed by atoms with Crippen LogP contribution in [0, 0.1) is 5.92 Å². The molecule has 0 bridgehead atoms. The van der Waals surface area contributed by atoms with Crippen molar-refractivity contribution in [3.8, 4) is 0 Å². The summed E-state index contributed by atoms with van der Waals surface area (Å²) < 4.78 is 0. The standard InChI is InChI=1S/C12H22N4O3/c1-9(17)15-7-11(18)16-6-2-3-10(8-16)12(19)14-5-4-13/h10H,2-8,13H2,1H3,(H,14,19)(H,15,17). The Hall–Kier alpha value is -1.63. The average Bonchev–Trinajstić information content (AvgIpc) is 2.42. The molecule has 1 heterocycles. The van der Waals surface area contributed by atoms with Crippen molar-refractivity contribution in [2.75, 3.05) is 32.7 Å². The maximum Gasteiger partial charge on any atom is 0.241 e. The highest BCUT2D eigenvalue weighted by Gasteiger charge is 2.27. The van der Waals surface area contributed by atoms with Gasteiger partial charge in [0.05, 0.1) is 12.5 Å². The van der Waals surface area contributed by atoms with E-state index in [1.165, 1.54) is 6.92 Å². The van der Waals surface area contributed by atoms with Crippen LogP contribution >= 0.6 is 0 Å². The predicted molar refractivity (Wildman–Crippen MR) is 70.1 cm³/mol. The lowest BCUT2D eigenvalue weighted by atomic mass is 9.97. The zero-order chi connectivity index (χ0) is 14.3. The highest BCUT2D eigenvalue weighted by atomic mass is 16.2. The number of likely N-dealkylation sites (tertiary alicyclic amines) is 1. The maximum atomic E-state index is 11.8. The molecule has 19 heavy (non-hydrogen) atoms. The molecule has 3 amide bonds. The van der Waals surface area contributed by atoms with Crippen molar-refractivity contribution in [3.05, 3.63) is 0 Å². The van der Waals surface area contributed by atoms with Gasteiger partial charge in [0, 0.05) is 33.1 Å². The Kier molecular flexibility index (Phi) is 6.27. The topological polar surface area (TPSA) is 105 Å². The summed E-state index contributed by atoms with van der Waals surface area (Å²) in [6, 6.07) is 0. The first-order valence-electron chi connectivity index (χ1n) is 6.54. The molecule has 1 saturated heterocycles. The van der Waals surface area contributed by atoms with Gasteiger partial charge in [-0.3, -0.25) is 14.4 Å². The van der Waals surface area contributed by atoms with Crippen LogP contribution in [-0.2, 0) is 14.4 Å². The molecule has 0 aliphatic carbocycles. The fourth-order valence-corrected chi connectivity index (χ4v) is 2.07. The quantitative estimate of drug-likeness (QED) is 0.561. The lowest BCUT2D eigenvalue weighted by molar-refractivity contribution is -0.136. The average molecular weight is 270 g/mol. The molecule has 1 fully saturated rings. The van der Waals surface area contributed by atoms with Gasteiger partial charge < -0.3 is 21.3 Å². The van der Waals surface area contributed by atoms with Crippen molar-refractivity contribution in [2.24, 2.45) is 11.7 Å². The third-order valence-electron chi connectivity index (χ3n) is 3.08. The van der Waals surface area contributed by atoms with Gasteiger partial charge in [-0.25, -0.2) is 0 Å². The van der Waals surface area contributed by atoms with E-state index in [2.05, 4.69) is 10.6 Å². The molecular formula is C12H22N4O3. The minimum Gasteiger partial charge on any atom is -0.355 e. The molecule has 0 aromatic rings. The normalized spacial score (nSPS) is 18.8. The van der Waals surface area contributed by atoms with E-state index in [1.807, 2.05) is 0 Å². The summed E-state index contributed by atoms with van der Waals surface area (Å²) in [6.45, 7) is 3.27. The van der Waals surface area contributed by atoms with Crippen LogP contribution < -0.4 is 16.4 Å². The van der Waals surface area contributed by atoms with Gasteiger partial charge in [-0.1, -0.05) is 0 Å². The molecule has 0 aromatic carbocycles. The lowest BCUT2D eigenvalue weighted by Gasteiger charge is -2.32. The van der Waals surface area contributed by atoms with Crippen molar-refractivity contribution in [1.82, 2.24) is 15.5 Å². The van der Waals surface area contributed by atoms with Crippen molar-refractivity contribution in [2.45, 2.75) is 19.8 Å². The summed E-state index contributed by atoms with van der Waals surface area (Å²) in [5, 5.41) is 5.21. The largest absolute Gasteiger partial charge is 0.355 e. The Morgan fingerprint density at radius 2 is 2.05 bits per heavy atom. The molecule has 0 radical (unpaired) electrons. The SMILES string of the molecule is CC(=O)NCC(=O)N1CCCC(C(=O)NCCN)C1. The number of hydrogen-bond acceptors (Lipinski definition) is 4. The third-order valence-corrected chi connectivity index (χ3v) is 3.08. The van der Waals surface area contributed by atoms with Crippen LogP contribution in [0.3, 0.4) is 0 Å². The van der Waals surface area contributed by atoms with E-state index < -0.39 is 0 Å². The Bertz CT molecular complexity index is 346. The van der Waals surface area contributed by atoms with Crippen molar-refractivity contribution < 1.29 is 14.4 Å². The molecule has 0 spiro atoms. The summed E-state index contributed by atoms with van der Waals surface area (Å²) in [5.74, 6) is -0.613. The summed E-state index contributed by atoms with van der Waals surface area (Å²) in [5.41, 5.74) is 5.33. The zero-order valence-electron chi connectivity index (χ0n) is 11.3. The first-order chi connectivity index (χ1) is 9.04. The van der Waals surface area contributed by atoms with Crippen LogP contribution in [0.4, 0.5) is 0 Å². The van der Waals surface area contributed by atoms with Crippen LogP contribution in [0.2, 0.25) is 0 Å². The minimum atomic E-state index is -0.234. The molecule has 1 atom stereocenters. The number of piperidine rings is 1. The van der Waals surface area contributed by atoms with Gasteiger partial charge in [-0.15, -0.1) is 0 Å². The van der Waals surface area contributed by atoms with Crippen LogP contribution in [-0.4, -0.2) is 55.3 Å². The second kappa shape index (κ2) is 7.73. The zero-order valence-corrected chi connectivity index (χ0v) is 11.3. The monoisotopic (exact) mass is 270 g/mol. The molecule has 1 aliphatic heterocycles. The van der Waals surface area contributed by atoms with Crippen molar-refractivity contribution >= 4 is 17.7 Å². The molecule has 7 nitrogen and oxygen atoms in total. The molecule has 4 N–H and O–H groups in total. The molecule has 1 unspecified atom stereocenters. The second-order valence-electron chi connectivity index (χ2n) is 4.67. The predicted octanol–water partition coefficient (Wildman–Crippen LogP) is -1.56. The fourth-order valence-electron chi connectivity index (χ4n) is 2.07. The Balaban J connectivity index is 2.42. The summed E-state index contributed by atoms with van der Waals surface area (Å²) in [6.07, 6.45) is 1.58. The Morgan fingerprint density at radius 3 is 2.68 bits per heavy atom. The van der Waals surface area contributed by atoms with Gasteiger partial charge in [-0.2, -0.15) is 0 Å². The molecular weight excluding hydrogens is 248 g/mol. The van der Waals surface area contributed by atoms with Gasteiger partial charge in [0.2, 0.25) is 17.7 Å². The molecule has 7 heteroatoms. The molecule has 0 saturated carbocycles. The smallest absolute Gasteiger partial charge is 0.241 e. The molecule has 108 valence electrons. The van der Waals surface area contributed by atoms with E-state index >= 15 is 0 Å². The highest BCUT2D eigenvalue weighted by Crippen LogP contribution is 2.16. The van der Waals surface area contributed by atoms with Crippen molar-refractivity contribution in [1.29, 1.82) is 0 Å². The van der Waals surface area contributed by atoms with Gasteiger partial charge in [-0.05, 0) is 12.8 Å². The number of hydrogen-bond donors (Lipinski definition) is 3. The van der Waals surface area contributed by atoms with Gasteiger partial charge in [0.25, 0.3) is 0 Å². The fraction of sp³-hybridized carbons (Fsp3) is 0.750. The molecule has 1 aliphatic rings. The van der Waals surface area contributed by atoms with Gasteiger partial charge in [0.15, 0.2) is 0 Å². The third kappa shape index (κ3) is 5.25. The first-order valence-corrected chi connectivity index (χ1v) is 6.54. The number of carbonyl (C=O) groups is 3. The molecule has 1 rings (SSSR count). The number of nitrogens with one attached hydrogen (secondary N) is 2. The summed E-state index contributed by atoms with van der Waals surface area (Å²) in [7, 11) is 0. The first kappa shape index (κ1) is 15.4. The number of rotatable bonds is 5. The van der Waals surface area contributed by atoms with E-state index in [0.29, 0.717) is 26.2 Å². The van der Waals surface area contributed by atoms with Crippen LogP contribution in [0.5, 0.6) is 0 Å². The van der Waals surface area contributed by atoms with E-state index in [4.69, 9.17) is 5.73 Å². The van der Waals surface area contributed by atoms with Crippen LogP contribution in [0.1, 0.15) is 19.8 Å². The van der Waals surface area contributed by atoms with E-state index in [1.54, 1.807) is 4.90 Å².